The van der Waals surface area contributed by atoms with E-state index in [0.717, 1.165) is 38.6 Å². The maximum atomic E-state index is 5.06. The molecule has 8 heteroatoms. The minimum absolute atomic E-state index is 0.637. The quantitative estimate of drug-likeness (QED) is 0.359. The van der Waals surface area contributed by atoms with Gasteiger partial charge in [0.05, 0.1) is 0 Å². The normalized spacial score (nSPS) is 12.0. The highest BCUT2D eigenvalue weighted by molar-refractivity contribution is 5.79. The summed E-state index contributed by atoms with van der Waals surface area (Å²) in [6.07, 6.45) is 1.72. The minimum atomic E-state index is 0.637. The lowest BCUT2D eigenvalue weighted by atomic mass is 10.4. The van der Waals surface area contributed by atoms with Crippen LogP contribution in [0.2, 0.25) is 0 Å². The summed E-state index contributed by atoms with van der Waals surface area (Å²) in [5.74, 6) is 2.08. The molecule has 1 heterocycles. The van der Waals surface area contributed by atoms with Crippen molar-refractivity contribution in [2.24, 2.45) is 4.99 Å². The predicted molar refractivity (Wildman–Crippen MR) is 86.1 cm³/mol. The predicted octanol–water partition coefficient (Wildman–Crippen LogP) is 0.0538. The Bertz CT molecular complexity index is 435. The van der Waals surface area contributed by atoms with Crippen molar-refractivity contribution >= 4 is 5.96 Å². The number of nitrogens with zero attached hydrogens (tertiary/aromatic N) is 4. The van der Waals surface area contributed by atoms with Crippen LogP contribution in [0.5, 0.6) is 0 Å². The summed E-state index contributed by atoms with van der Waals surface area (Å²) >= 11 is 0. The largest absolute Gasteiger partial charge is 0.385 e. The van der Waals surface area contributed by atoms with Gasteiger partial charge in [0.1, 0.15) is 0 Å². The van der Waals surface area contributed by atoms with Crippen LogP contribution in [0.1, 0.15) is 18.1 Å². The van der Waals surface area contributed by atoms with Crippen LogP contribution in [0, 0.1) is 6.92 Å². The number of aryl methyl sites for hydroxylation is 1. The lowest BCUT2D eigenvalue weighted by Crippen LogP contribution is -2.41. The van der Waals surface area contributed by atoms with Crippen LogP contribution in [0.15, 0.2) is 9.52 Å². The van der Waals surface area contributed by atoms with E-state index in [-0.39, 0.29) is 0 Å². The average molecular weight is 312 g/mol. The third-order valence-corrected chi connectivity index (χ3v) is 3.10. The molecule has 0 aromatic carbocycles. The first-order chi connectivity index (χ1) is 10.7. The van der Waals surface area contributed by atoms with E-state index in [2.05, 4.69) is 37.7 Å². The van der Waals surface area contributed by atoms with E-state index in [4.69, 9.17) is 9.26 Å². The Morgan fingerprint density at radius 2 is 2.09 bits per heavy atom. The lowest BCUT2D eigenvalue weighted by Gasteiger charge is -2.18. The minimum Gasteiger partial charge on any atom is -0.385 e. The van der Waals surface area contributed by atoms with Crippen LogP contribution in [-0.4, -0.2) is 75.0 Å². The highest BCUT2D eigenvalue weighted by Crippen LogP contribution is 1.95. The summed E-state index contributed by atoms with van der Waals surface area (Å²) in [6.45, 7) is 6.12. The third-order valence-electron chi connectivity index (χ3n) is 3.10. The Morgan fingerprint density at radius 3 is 2.73 bits per heavy atom. The summed E-state index contributed by atoms with van der Waals surface area (Å²) < 4.78 is 10.1. The zero-order valence-electron chi connectivity index (χ0n) is 14.1. The zero-order valence-corrected chi connectivity index (χ0v) is 14.1. The maximum absolute atomic E-state index is 5.06. The Kier molecular flexibility index (Phi) is 9.17. The molecule has 2 N–H and O–H groups in total. The molecular weight excluding hydrogens is 284 g/mol. The van der Waals surface area contributed by atoms with Crippen molar-refractivity contribution in [1.29, 1.82) is 0 Å². The number of likely N-dealkylation sites (N-methyl/N-ethyl adjacent to an activating group) is 1. The molecule has 0 aliphatic heterocycles. The smallest absolute Gasteiger partial charge is 0.228 e. The van der Waals surface area contributed by atoms with E-state index in [0.29, 0.717) is 24.7 Å². The van der Waals surface area contributed by atoms with Gasteiger partial charge in [-0.2, -0.15) is 4.98 Å². The second-order valence-corrected chi connectivity index (χ2v) is 5.06. The highest BCUT2D eigenvalue weighted by Gasteiger charge is 2.04. The molecule has 0 radical (unpaired) electrons. The number of guanidine groups is 1. The molecule has 0 amide bonds. The molecule has 1 aromatic rings. The number of aliphatic imine (C=N–C) groups is 1. The fraction of sp³-hybridized carbons (Fsp3) is 0.786. The SMILES string of the molecule is CN=C(NCCc1nc(C)no1)NCCN(C)CCCOC. The van der Waals surface area contributed by atoms with E-state index >= 15 is 0 Å². The van der Waals surface area contributed by atoms with E-state index in [1.165, 1.54) is 0 Å². The van der Waals surface area contributed by atoms with E-state index in [1.807, 2.05) is 6.92 Å². The van der Waals surface area contributed by atoms with Crippen LogP contribution in [0.25, 0.3) is 0 Å². The fourth-order valence-electron chi connectivity index (χ4n) is 1.91. The first-order valence-electron chi connectivity index (χ1n) is 7.57. The van der Waals surface area contributed by atoms with Crippen molar-refractivity contribution in [3.63, 3.8) is 0 Å². The Hall–Kier alpha value is -1.67. The Labute approximate surface area is 132 Å². The van der Waals surface area contributed by atoms with Gasteiger partial charge < -0.3 is 24.8 Å². The van der Waals surface area contributed by atoms with Crippen molar-refractivity contribution in [1.82, 2.24) is 25.7 Å². The van der Waals surface area contributed by atoms with Crippen LogP contribution in [-0.2, 0) is 11.2 Å². The number of hydrogen-bond donors (Lipinski definition) is 2. The molecule has 0 atom stereocenters. The fourth-order valence-corrected chi connectivity index (χ4v) is 1.91. The second kappa shape index (κ2) is 11.0. The van der Waals surface area contributed by atoms with Crippen molar-refractivity contribution in [2.45, 2.75) is 19.8 Å². The zero-order chi connectivity index (χ0) is 16.2. The maximum Gasteiger partial charge on any atom is 0.228 e. The summed E-state index contributed by atoms with van der Waals surface area (Å²) in [7, 11) is 5.59. The summed E-state index contributed by atoms with van der Waals surface area (Å²) in [5, 5.41) is 10.3. The number of aromatic nitrogens is 2. The van der Waals surface area contributed by atoms with Gasteiger partial charge in [0.2, 0.25) is 5.89 Å². The number of hydrogen-bond acceptors (Lipinski definition) is 6. The molecule has 126 valence electrons. The van der Waals surface area contributed by atoms with Gasteiger partial charge in [0, 0.05) is 53.4 Å². The molecule has 0 saturated carbocycles. The van der Waals surface area contributed by atoms with Gasteiger partial charge in [0.25, 0.3) is 0 Å². The van der Waals surface area contributed by atoms with Gasteiger partial charge >= 0.3 is 0 Å². The van der Waals surface area contributed by atoms with Crippen molar-refractivity contribution in [2.75, 3.05) is 54.0 Å². The summed E-state index contributed by atoms with van der Waals surface area (Å²) in [5.41, 5.74) is 0. The molecule has 1 rings (SSSR count). The molecule has 1 aromatic heterocycles. The van der Waals surface area contributed by atoms with Gasteiger partial charge in [-0.05, 0) is 20.4 Å². The summed E-state index contributed by atoms with van der Waals surface area (Å²) in [4.78, 5) is 10.6. The molecule has 0 aliphatic rings. The topological polar surface area (TPSA) is 87.8 Å². The molecule has 0 saturated heterocycles. The number of rotatable bonds is 10. The molecule has 0 aliphatic carbocycles. The third kappa shape index (κ3) is 7.94. The Balaban J connectivity index is 2.11. The van der Waals surface area contributed by atoms with Crippen LogP contribution < -0.4 is 10.6 Å². The lowest BCUT2D eigenvalue weighted by molar-refractivity contribution is 0.180. The highest BCUT2D eigenvalue weighted by atomic mass is 16.5. The number of nitrogens with one attached hydrogen (secondary N) is 2. The first kappa shape index (κ1) is 18.4. The average Bonchev–Trinajstić information content (AvgIpc) is 2.91. The van der Waals surface area contributed by atoms with Crippen LogP contribution in [0.3, 0.4) is 0 Å². The van der Waals surface area contributed by atoms with Gasteiger partial charge in [0.15, 0.2) is 11.8 Å². The Morgan fingerprint density at radius 1 is 1.32 bits per heavy atom. The number of methoxy groups -OCH3 is 1. The molecule has 0 bridgehead atoms. The number of ether oxygens (including phenoxy) is 1. The van der Waals surface area contributed by atoms with Gasteiger partial charge in [-0.25, -0.2) is 0 Å². The molecule has 22 heavy (non-hydrogen) atoms. The van der Waals surface area contributed by atoms with Crippen molar-refractivity contribution < 1.29 is 9.26 Å². The van der Waals surface area contributed by atoms with Gasteiger partial charge in [-0.1, -0.05) is 5.16 Å². The molecule has 0 fully saturated rings. The van der Waals surface area contributed by atoms with Crippen molar-refractivity contribution in [3.05, 3.63) is 11.7 Å². The first-order valence-corrected chi connectivity index (χ1v) is 7.57. The van der Waals surface area contributed by atoms with E-state index in [9.17, 15) is 0 Å². The van der Waals surface area contributed by atoms with Crippen LogP contribution >= 0.6 is 0 Å². The monoisotopic (exact) mass is 312 g/mol. The molecule has 0 spiro atoms. The van der Waals surface area contributed by atoms with Gasteiger partial charge in [-0.15, -0.1) is 0 Å². The van der Waals surface area contributed by atoms with Crippen LogP contribution in [0.4, 0.5) is 0 Å². The van der Waals surface area contributed by atoms with Crippen molar-refractivity contribution in [3.8, 4) is 0 Å². The molecule has 8 nitrogen and oxygen atoms in total. The standard InChI is InChI=1S/C14H28N6O2/c1-12-18-13(22-19-12)6-7-16-14(15-2)17-8-10-20(3)9-5-11-21-4/h5-11H2,1-4H3,(H2,15,16,17). The molecule has 0 unspecified atom stereocenters. The van der Waals surface area contributed by atoms with E-state index < -0.39 is 0 Å². The van der Waals surface area contributed by atoms with E-state index in [1.54, 1.807) is 14.2 Å². The molecular formula is C14H28N6O2. The summed E-state index contributed by atoms with van der Waals surface area (Å²) in [6, 6.07) is 0. The second-order valence-electron chi connectivity index (χ2n) is 5.06. The van der Waals surface area contributed by atoms with Gasteiger partial charge in [-0.3, -0.25) is 4.99 Å².